The number of carboxylic acids is 1. The maximum absolute atomic E-state index is 11.0. The molecular weight excluding hydrogens is 324 g/mol. The van der Waals surface area contributed by atoms with Crippen LogP contribution in [0.25, 0.3) is 0 Å². The second-order valence-corrected chi connectivity index (χ2v) is 7.67. The van der Waals surface area contributed by atoms with Crippen LogP contribution >= 0.6 is 0 Å². The van der Waals surface area contributed by atoms with E-state index in [0.717, 1.165) is 35.1 Å². The normalized spacial score (nSPS) is 19.0. The van der Waals surface area contributed by atoms with Gasteiger partial charge in [0.1, 0.15) is 0 Å². The Labute approximate surface area is 154 Å². The summed E-state index contributed by atoms with van der Waals surface area (Å²) >= 11 is 0. The zero-order valence-corrected chi connectivity index (χ0v) is 15.4. The summed E-state index contributed by atoms with van der Waals surface area (Å²) in [5, 5.41) is 19.3. The Hall–Kier alpha value is -2.57. The molecule has 0 saturated heterocycles. The molecule has 1 aliphatic carbocycles. The number of aliphatic hydroxyl groups excluding tert-OH is 1. The van der Waals surface area contributed by atoms with Gasteiger partial charge in [0, 0.05) is 11.1 Å². The quantitative estimate of drug-likeness (QED) is 0.792. The summed E-state index contributed by atoms with van der Waals surface area (Å²) in [5.41, 5.74) is 4.78. The van der Waals surface area contributed by atoms with Gasteiger partial charge in [-0.25, -0.2) is 0 Å². The van der Waals surface area contributed by atoms with E-state index in [1.54, 1.807) is 6.92 Å². The fourth-order valence-corrected chi connectivity index (χ4v) is 3.44. The first-order valence-corrected chi connectivity index (χ1v) is 8.95. The second-order valence-electron chi connectivity index (χ2n) is 7.67. The number of benzene rings is 2. The monoisotopic (exact) mass is 348 g/mol. The molecule has 0 amide bonds. The van der Waals surface area contributed by atoms with Gasteiger partial charge < -0.3 is 10.2 Å². The average Bonchev–Trinajstić information content (AvgIpc) is 2.63. The van der Waals surface area contributed by atoms with Crippen LogP contribution < -0.4 is 0 Å². The van der Waals surface area contributed by atoms with Crippen molar-refractivity contribution in [3.63, 3.8) is 0 Å². The molecule has 3 nitrogen and oxygen atoms in total. The Morgan fingerprint density at radius 3 is 2.38 bits per heavy atom. The van der Waals surface area contributed by atoms with Crippen molar-refractivity contribution in [1.29, 1.82) is 0 Å². The summed E-state index contributed by atoms with van der Waals surface area (Å²) in [5.74, 6) is 4.98. The van der Waals surface area contributed by atoms with Gasteiger partial charge in [-0.2, -0.15) is 0 Å². The van der Waals surface area contributed by atoms with Crippen LogP contribution in [0.3, 0.4) is 0 Å². The Morgan fingerprint density at radius 2 is 1.73 bits per heavy atom. The van der Waals surface area contributed by atoms with E-state index in [-0.39, 0.29) is 11.5 Å². The van der Waals surface area contributed by atoms with E-state index < -0.39 is 11.9 Å². The highest BCUT2D eigenvalue weighted by molar-refractivity contribution is 5.75. The SMILES string of the molecule is CC(C(=O)O)c1ccc(C#Cc2ccc3c(c2)C(C)(C)CCC3O)cc1. The highest BCUT2D eigenvalue weighted by Crippen LogP contribution is 2.41. The van der Waals surface area contributed by atoms with Crippen molar-refractivity contribution in [3.05, 3.63) is 70.3 Å². The molecule has 1 aliphatic rings. The highest BCUT2D eigenvalue weighted by atomic mass is 16.4. The van der Waals surface area contributed by atoms with Gasteiger partial charge in [0.2, 0.25) is 0 Å². The number of fused-ring (bicyclic) bond motifs is 1. The van der Waals surface area contributed by atoms with Crippen molar-refractivity contribution in [2.75, 3.05) is 0 Å². The number of hydrogen-bond acceptors (Lipinski definition) is 2. The highest BCUT2D eigenvalue weighted by Gasteiger charge is 2.31. The minimum atomic E-state index is -0.831. The molecule has 2 unspecified atom stereocenters. The molecule has 0 spiro atoms. The number of aliphatic hydroxyl groups is 1. The van der Waals surface area contributed by atoms with E-state index in [1.807, 2.05) is 36.4 Å². The first kappa shape index (κ1) is 18.2. The van der Waals surface area contributed by atoms with Gasteiger partial charge >= 0.3 is 5.97 Å². The summed E-state index contributed by atoms with van der Waals surface area (Å²) < 4.78 is 0. The lowest BCUT2D eigenvalue weighted by Gasteiger charge is -2.35. The molecule has 0 aliphatic heterocycles. The molecule has 0 heterocycles. The third-order valence-corrected chi connectivity index (χ3v) is 5.32. The third-order valence-electron chi connectivity index (χ3n) is 5.32. The fraction of sp³-hybridized carbons (Fsp3) is 0.348. The fourth-order valence-electron chi connectivity index (χ4n) is 3.44. The van der Waals surface area contributed by atoms with Crippen molar-refractivity contribution in [3.8, 4) is 11.8 Å². The summed E-state index contributed by atoms with van der Waals surface area (Å²) in [6.45, 7) is 6.08. The van der Waals surface area contributed by atoms with Gasteiger partial charge in [-0.05, 0) is 66.1 Å². The molecule has 2 N–H and O–H groups in total. The molecule has 0 saturated carbocycles. The zero-order chi connectivity index (χ0) is 18.9. The number of carbonyl (C=O) groups is 1. The van der Waals surface area contributed by atoms with Crippen LogP contribution in [0.15, 0.2) is 42.5 Å². The van der Waals surface area contributed by atoms with Crippen molar-refractivity contribution < 1.29 is 15.0 Å². The molecule has 0 fully saturated rings. The van der Waals surface area contributed by atoms with Crippen LogP contribution in [0, 0.1) is 11.8 Å². The maximum atomic E-state index is 11.0. The Bertz CT molecular complexity index is 882. The van der Waals surface area contributed by atoms with Gasteiger partial charge in [-0.1, -0.05) is 43.9 Å². The average molecular weight is 348 g/mol. The standard InChI is InChI=1S/C23H24O3/c1-15(22(25)26)18-9-6-16(7-10-18)4-5-17-8-11-19-20(14-17)23(2,3)13-12-21(19)24/h6-11,14-15,21,24H,12-13H2,1-3H3,(H,25,26). The smallest absolute Gasteiger partial charge is 0.310 e. The Balaban J connectivity index is 1.86. The van der Waals surface area contributed by atoms with Crippen LogP contribution in [0.1, 0.15) is 73.5 Å². The summed E-state index contributed by atoms with van der Waals surface area (Å²) in [7, 11) is 0. The lowest BCUT2D eigenvalue weighted by atomic mass is 9.71. The molecule has 0 aromatic heterocycles. The topological polar surface area (TPSA) is 57.5 Å². The van der Waals surface area contributed by atoms with Crippen LogP contribution in [-0.4, -0.2) is 16.2 Å². The molecule has 0 radical (unpaired) electrons. The molecule has 26 heavy (non-hydrogen) atoms. The minimum Gasteiger partial charge on any atom is -0.481 e. The predicted molar refractivity (Wildman–Crippen MR) is 102 cm³/mol. The van der Waals surface area contributed by atoms with Gasteiger partial charge in [0.05, 0.1) is 12.0 Å². The second kappa shape index (κ2) is 6.97. The number of hydrogen-bond donors (Lipinski definition) is 2. The number of aliphatic carboxylic acids is 1. The Morgan fingerprint density at radius 1 is 1.12 bits per heavy atom. The lowest BCUT2D eigenvalue weighted by molar-refractivity contribution is -0.138. The largest absolute Gasteiger partial charge is 0.481 e. The predicted octanol–water partition coefficient (Wildman–Crippen LogP) is 4.38. The van der Waals surface area contributed by atoms with E-state index in [0.29, 0.717) is 0 Å². The van der Waals surface area contributed by atoms with Gasteiger partial charge in [-0.15, -0.1) is 0 Å². The summed E-state index contributed by atoms with van der Waals surface area (Å²) in [6, 6.07) is 13.4. The van der Waals surface area contributed by atoms with Gasteiger partial charge in [0.25, 0.3) is 0 Å². The van der Waals surface area contributed by atoms with Crippen LogP contribution in [0.2, 0.25) is 0 Å². The van der Waals surface area contributed by atoms with Crippen molar-refractivity contribution >= 4 is 5.97 Å². The van der Waals surface area contributed by atoms with E-state index in [1.165, 1.54) is 5.56 Å². The summed E-state index contributed by atoms with van der Waals surface area (Å²) in [4.78, 5) is 11.0. The number of rotatable bonds is 2. The van der Waals surface area contributed by atoms with Crippen molar-refractivity contribution in [1.82, 2.24) is 0 Å². The van der Waals surface area contributed by atoms with Gasteiger partial charge in [-0.3, -0.25) is 4.79 Å². The first-order chi connectivity index (χ1) is 12.3. The van der Waals surface area contributed by atoms with Crippen LogP contribution in [-0.2, 0) is 10.2 Å². The third kappa shape index (κ3) is 3.66. The van der Waals surface area contributed by atoms with E-state index in [9.17, 15) is 9.90 Å². The molecule has 2 atom stereocenters. The minimum absolute atomic E-state index is 0.0425. The molecule has 2 aromatic rings. The van der Waals surface area contributed by atoms with Gasteiger partial charge in [0.15, 0.2) is 0 Å². The van der Waals surface area contributed by atoms with Crippen LogP contribution in [0.5, 0.6) is 0 Å². The molecule has 0 bridgehead atoms. The zero-order valence-electron chi connectivity index (χ0n) is 15.4. The molecular formula is C23H24O3. The first-order valence-electron chi connectivity index (χ1n) is 8.95. The van der Waals surface area contributed by atoms with E-state index >= 15 is 0 Å². The van der Waals surface area contributed by atoms with Crippen molar-refractivity contribution in [2.24, 2.45) is 0 Å². The molecule has 3 heteroatoms. The molecule has 134 valence electrons. The lowest BCUT2D eigenvalue weighted by Crippen LogP contribution is -2.26. The van der Waals surface area contributed by atoms with E-state index in [2.05, 4.69) is 31.8 Å². The van der Waals surface area contributed by atoms with Crippen molar-refractivity contribution in [2.45, 2.75) is 51.0 Å². The Kier molecular flexibility index (Phi) is 4.89. The molecule has 2 aromatic carbocycles. The van der Waals surface area contributed by atoms with E-state index in [4.69, 9.17) is 5.11 Å². The number of carboxylic acid groups (broad SMARTS) is 1. The van der Waals surface area contributed by atoms with Crippen LogP contribution in [0.4, 0.5) is 0 Å². The summed E-state index contributed by atoms with van der Waals surface area (Å²) in [6.07, 6.45) is 1.37. The molecule has 3 rings (SSSR count). The maximum Gasteiger partial charge on any atom is 0.310 e.